The summed E-state index contributed by atoms with van der Waals surface area (Å²) in [5.41, 5.74) is 7.51. The first kappa shape index (κ1) is 23.5. The Labute approximate surface area is 193 Å². The summed E-state index contributed by atoms with van der Waals surface area (Å²) in [6.45, 7) is 4.27. The third kappa shape index (κ3) is 6.67. The van der Waals surface area contributed by atoms with E-state index < -0.39 is 5.91 Å². The molecule has 0 aliphatic rings. The SMILES string of the molecule is CCC(C)NC(=O)c1cccc(CNC(=O)c2ccc(Oc3ccc(C(N)=O)cc3)cc2)c1. The van der Waals surface area contributed by atoms with Gasteiger partial charge in [-0.2, -0.15) is 0 Å². The highest BCUT2D eigenvalue weighted by Gasteiger charge is 2.10. The Bertz CT molecular complexity index is 1130. The molecule has 0 aliphatic carbocycles. The van der Waals surface area contributed by atoms with E-state index in [0.717, 1.165) is 12.0 Å². The predicted octanol–water partition coefficient (Wildman–Crippen LogP) is 4.04. The molecule has 7 nitrogen and oxygen atoms in total. The van der Waals surface area contributed by atoms with E-state index in [2.05, 4.69) is 10.6 Å². The Morgan fingerprint density at radius 2 is 1.45 bits per heavy atom. The second-order valence-electron chi connectivity index (χ2n) is 7.68. The Hall–Kier alpha value is -4.13. The number of hydrogen-bond donors (Lipinski definition) is 3. The highest BCUT2D eigenvalue weighted by molar-refractivity contribution is 5.95. The molecule has 3 aromatic carbocycles. The normalized spacial score (nSPS) is 11.3. The van der Waals surface area contributed by atoms with Gasteiger partial charge in [-0.05, 0) is 79.6 Å². The first-order valence-corrected chi connectivity index (χ1v) is 10.7. The van der Waals surface area contributed by atoms with E-state index in [4.69, 9.17) is 10.5 Å². The Morgan fingerprint density at radius 3 is 2.03 bits per heavy atom. The topological polar surface area (TPSA) is 111 Å². The van der Waals surface area contributed by atoms with Crippen LogP contribution < -0.4 is 21.1 Å². The average molecular weight is 446 g/mol. The van der Waals surface area contributed by atoms with Crippen LogP contribution in [0, 0.1) is 0 Å². The van der Waals surface area contributed by atoms with Crippen LogP contribution in [0.25, 0.3) is 0 Å². The van der Waals surface area contributed by atoms with Crippen molar-refractivity contribution in [1.29, 1.82) is 0 Å². The van der Waals surface area contributed by atoms with E-state index in [0.29, 0.717) is 34.7 Å². The van der Waals surface area contributed by atoms with Crippen molar-refractivity contribution in [2.24, 2.45) is 5.73 Å². The number of nitrogens with two attached hydrogens (primary N) is 1. The van der Waals surface area contributed by atoms with E-state index in [1.807, 2.05) is 19.9 Å². The molecular formula is C26H27N3O4. The monoisotopic (exact) mass is 445 g/mol. The third-order valence-corrected chi connectivity index (χ3v) is 5.12. The predicted molar refractivity (Wildman–Crippen MR) is 126 cm³/mol. The lowest BCUT2D eigenvalue weighted by molar-refractivity contribution is 0.0936. The van der Waals surface area contributed by atoms with Crippen molar-refractivity contribution >= 4 is 17.7 Å². The number of amides is 3. The molecule has 0 bridgehead atoms. The molecule has 3 aromatic rings. The summed E-state index contributed by atoms with van der Waals surface area (Å²) in [7, 11) is 0. The zero-order chi connectivity index (χ0) is 23.8. The van der Waals surface area contributed by atoms with Gasteiger partial charge in [0.1, 0.15) is 11.5 Å². The maximum absolute atomic E-state index is 12.5. The van der Waals surface area contributed by atoms with Crippen molar-refractivity contribution in [2.45, 2.75) is 32.9 Å². The minimum atomic E-state index is -0.502. The van der Waals surface area contributed by atoms with Crippen LogP contribution in [0.1, 0.15) is 56.9 Å². The summed E-state index contributed by atoms with van der Waals surface area (Å²) in [4.78, 5) is 36.0. The summed E-state index contributed by atoms with van der Waals surface area (Å²) in [5, 5.41) is 5.80. The number of nitrogens with one attached hydrogen (secondary N) is 2. The smallest absolute Gasteiger partial charge is 0.251 e. The van der Waals surface area contributed by atoms with Crippen LogP contribution in [0.3, 0.4) is 0 Å². The van der Waals surface area contributed by atoms with Gasteiger partial charge in [-0.3, -0.25) is 14.4 Å². The molecule has 170 valence electrons. The van der Waals surface area contributed by atoms with Crippen molar-refractivity contribution in [3.63, 3.8) is 0 Å². The highest BCUT2D eigenvalue weighted by Crippen LogP contribution is 2.22. The van der Waals surface area contributed by atoms with Crippen LogP contribution in [-0.2, 0) is 6.54 Å². The second-order valence-corrected chi connectivity index (χ2v) is 7.68. The number of rotatable bonds is 9. The number of carbonyl (C=O) groups excluding carboxylic acids is 3. The molecule has 1 atom stereocenters. The molecule has 0 aromatic heterocycles. The molecular weight excluding hydrogens is 418 g/mol. The van der Waals surface area contributed by atoms with Crippen molar-refractivity contribution in [1.82, 2.24) is 10.6 Å². The Kier molecular flexibility index (Phi) is 7.81. The number of hydrogen-bond acceptors (Lipinski definition) is 4. The van der Waals surface area contributed by atoms with E-state index in [-0.39, 0.29) is 17.9 Å². The van der Waals surface area contributed by atoms with Gasteiger partial charge >= 0.3 is 0 Å². The van der Waals surface area contributed by atoms with Gasteiger partial charge in [0, 0.05) is 29.3 Å². The van der Waals surface area contributed by atoms with Crippen LogP contribution in [0.15, 0.2) is 72.8 Å². The molecule has 0 fully saturated rings. The molecule has 0 aliphatic heterocycles. The van der Waals surface area contributed by atoms with Crippen molar-refractivity contribution in [3.8, 4) is 11.5 Å². The Balaban J connectivity index is 1.56. The minimum Gasteiger partial charge on any atom is -0.457 e. The quantitative estimate of drug-likeness (QED) is 0.462. The van der Waals surface area contributed by atoms with Gasteiger partial charge in [-0.15, -0.1) is 0 Å². The summed E-state index contributed by atoms with van der Waals surface area (Å²) in [6.07, 6.45) is 0.854. The van der Waals surface area contributed by atoms with Crippen molar-refractivity contribution in [2.75, 3.05) is 0 Å². The number of benzene rings is 3. The van der Waals surface area contributed by atoms with Crippen LogP contribution in [0.4, 0.5) is 0 Å². The van der Waals surface area contributed by atoms with Gasteiger partial charge < -0.3 is 21.1 Å². The number of primary amides is 1. The van der Waals surface area contributed by atoms with Gasteiger partial charge in [0.15, 0.2) is 0 Å². The fourth-order valence-corrected chi connectivity index (χ4v) is 3.01. The fraction of sp³-hybridized carbons (Fsp3) is 0.192. The molecule has 7 heteroatoms. The molecule has 0 heterocycles. The lowest BCUT2D eigenvalue weighted by Crippen LogP contribution is -2.32. The minimum absolute atomic E-state index is 0.0994. The number of carbonyl (C=O) groups is 3. The zero-order valence-electron chi connectivity index (χ0n) is 18.6. The highest BCUT2D eigenvalue weighted by atomic mass is 16.5. The molecule has 3 rings (SSSR count). The fourth-order valence-electron chi connectivity index (χ4n) is 3.01. The lowest BCUT2D eigenvalue weighted by Gasteiger charge is -2.12. The summed E-state index contributed by atoms with van der Waals surface area (Å²) >= 11 is 0. The standard InChI is InChI=1S/C26H27N3O4/c1-3-17(2)29-26(32)21-6-4-5-18(15-21)16-28-25(31)20-9-13-23(14-10-20)33-22-11-7-19(8-12-22)24(27)30/h4-15,17H,3,16H2,1-2H3,(H2,27,30)(H,28,31)(H,29,32). The average Bonchev–Trinajstić information content (AvgIpc) is 2.83. The van der Waals surface area contributed by atoms with Gasteiger partial charge in [0.2, 0.25) is 5.91 Å². The van der Waals surface area contributed by atoms with E-state index >= 15 is 0 Å². The van der Waals surface area contributed by atoms with Crippen molar-refractivity contribution in [3.05, 3.63) is 95.1 Å². The maximum atomic E-state index is 12.5. The molecule has 1 unspecified atom stereocenters. The summed E-state index contributed by atoms with van der Waals surface area (Å²) in [5.74, 6) is 0.241. The lowest BCUT2D eigenvalue weighted by atomic mass is 10.1. The largest absolute Gasteiger partial charge is 0.457 e. The third-order valence-electron chi connectivity index (χ3n) is 5.12. The molecule has 0 spiro atoms. The van der Waals surface area contributed by atoms with Crippen LogP contribution in [0.2, 0.25) is 0 Å². The zero-order valence-corrected chi connectivity index (χ0v) is 18.6. The molecule has 0 radical (unpaired) electrons. The first-order chi connectivity index (χ1) is 15.9. The maximum Gasteiger partial charge on any atom is 0.251 e. The summed E-state index contributed by atoms with van der Waals surface area (Å²) in [6, 6.07) is 20.5. The van der Waals surface area contributed by atoms with Crippen LogP contribution >= 0.6 is 0 Å². The van der Waals surface area contributed by atoms with E-state index in [1.165, 1.54) is 0 Å². The van der Waals surface area contributed by atoms with Crippen LogP contribution in [0.5, 0.6) is 11.5 Å². The van der Waals surface area contributed by atoms with Gasteiger partial charge in [-0.25, -0.2) is 0 Å². The molecule has 3 amide bonds. The van der Waals surface area contributed by atoms with Gasteiger partial charge in [0.05, 0.1) is 0 Å². The van der Waals surface area contributed by atoms with Crippen molar-refractivity contribution < 1.29 is 19.1 Å². The van der Waals surface area contributed by atoms with Crippen LogP contribution in [-0.4, -0.2) is 23.8 Å². The molecule has 0 saturated carbocycles. The van der Waals surface area contributed by atoms with E-state index in [1.54, 1.807) is 66.7 Å². The Morgan fingerprint density at radius 1 is 0.848 bits per heavy atom. The molecule has 4 N–H and O–H groups in total. The van der Waals surface area contributed by atoms with Gasteiger partial charge in [0.25, 0.3) is 11.8 Å². The number of ether oxygens (including phenoxy) is 1. The first-order valence-electron chi connectivity index (χ1n) is 10.7. The molecule has 0 saturated heterocycles. The van der Waals surface area contributed by atoms with E-state index in [9.17, 15) is 14.4 Å². The second kappa shape index (κ2) is 10.9. The molecule has 33 heavy (non-hydrogen) atoms. The summed E-state index contributed by atoms with van der Waals surface area (Å²) < 4.78 is 5.73. The van der Waals surface area contributed by atoms with Gasteiger partial charge in [-0.1, -0.05) is 19.1 Å².